The zero-order valence-electron chi connectivity index (χ0n) is 11.7. The van der Waals surface area contributed by atoms with Crippen LogP contribution in [0.1, 0.15) is 72.6 Å². The van der Waals surface area contributed by atoms with Crippen molar-refractivity contribution in [2.24, 2.45) is 0 Å². The van der Waals surface area contributed by atoms with E-state index in [9.17, 15) is 0 Å². The van der Waals surface area contributed by atoms with Crippen molar-refractivity contribution in [3.05, 3.63) is 29.7 Å². The van der Waals surface area contributed by atoms with Gasteiger partial charge in [0, 0.05) is 0 Å². The van der Waals surface area contributed by atoms with Crippen molar-refractivity contribution in [2.75, 3.05) is 0 Å². The summed E-state index contributed by atoms with van der Waals surface area (Å²) in [5.74, 6) is 0. The van der Waals surface area contributed by atoms with Gasteiger partial charge in [0.15, 0.2) is 0 Å². The Kier molecular flexibility index (Phi) is 9.37. The maximum Gasteiger partial charge on any atom is -0.0134 e. The molecule has 93 valence electrons. The van der Waals surface area contributed by atoms with Gasteiger partial charge in [0.05, 0.1) is 0 Å². The molecule has 0 atom stereocenters. The molecule has 16 heavy (non-hydrogen) atoms. The molecule has 0 aliphatic heterocycles. The first kappa shape index (κ1) is 15.5. The molecule has 0 aromatic rings. The highest BCUT2D eigenvalue weighted by Gasteiger charge is 2.04. The summed E-state index contributed by atoms with van der Waals surface area (Å²) < 4.78 is 0. The molecule has 0 bridgehead atoms. The van der Waals surface area contributed by atoms with Crippen LogP contribution in [0.4, 0.5) is 0 Å². The van der Waals surface area contributed by atoms with Crippen molar-refractivity contribution in [1.29, 1.82) is 0 Å². The Morgan fingerprint density at radius 2 is 1.94 bits per heavy atom. The zero-order valence-corrected chi connectivity index (χ0v) is 11.7. The minimum absolute atomic E-state index is 1.10. The van der Waals surface area contributed by atoms with Gasteiger partial charge < -0.3 is 0 Å². The summed E-state index contributed by atoms with van der Waals surface area (Å²) in [7, 11) is 0. The predicted octanol–water partition coefficient (Wildman–Crippen LogP) is 5.85. The van der Waals surface area contributed by atoms with Crippen LogP contribution in [0, 0.1) is 6.92 Å². The third-order valence-electron chi connectivity index (χ3n) is 3.08. The third kappa shape index (κ3) is 7.73. The second kappa shape index (κ2) is 9.69. The molecule has 0 nitrogen and oxygen atoms in total. The lowest BCUT2D eigenvalue weighted by atomic mass is 9.93. The maximum atomic E-state index is 3.72. The van der Waals surface area contributed by atoms with Gasteiger partial charge >= 0.3 is 0 Å². The molecule has 1 radical (unpaired) electrons. The molecule has 0 N–H and O–H groups in total. The SMILES string of the molecule is CC1=CCC(=C(C)C)CC1.[CH2]CCCCC. The topological polar surface area (TPSA) is 0 Å². The van der Waals surface area contributed by atoms with E-state index >= 15 is 0 Å². The van der Waals surface area contributed by atoms with Gasteiger partial charge in [-0.25, -0.2) is 0 Å². The first-order valence-corrected chi connectivity index (χ1v) is 6.71. The summed E-state index contributed by atoms with van der Waals surface area (Å²) >= 11 is 0. The molecule has 0 unspecified atom stereocenters. The molecule has 0 saturated heterocycles. The molecule has 0 amide bonds. The quantitative estimate of drug-likeness (QED) is 0.414. The molecule has 0 heteroatoms. The van der Waals surface area contributed by atoms with Gasteiger partial charge in [-0.1, -0.05) is 62.3 Å². The van der Waals surface area contributed by atoms with Crippen molar-refractivity contribution >= 4 is 0 Å². The van der Waals surface area contributed by atoms with Gasteiger partial charge in [-0.05, 0) is 40.0 Å². The first-order chi connectivity index (χ1) is 7.61. The summed E-state index contributed by atoms with van der Waals surface area (Å²) in [6, 6.07) is 0. The molecular weight excluding hydrogens is 192 g/mol. The minimum atomic E-state index is 1.10. The lowest BCUT2D eigenvalue weighted by Crippen LogP contribution is -1.93. The average Bonchev–Trinajstić information content (AvgIpc) is 2.28. The highest BCUT2D eigenvalue weighted by atomic mass is 14.1. The van der Waals surface area contributed by atoms with E-state index in [0.29, 0.717) is 0 Å². The van der Waals surface area contributed by atoms with Gasteiger partial charge in [0.25, 0.3) is 0 Å². The maximum absolute atomic E-state index is 3.72. The molecule has 1 rings (SSSR count). The van der Waals surface area contributed by atoms with E-state index in [2.05, 4.69) is 40.7 Å². The molecule has 0 aromatic heterocycles. The fourth-order valence-corrected chi connectivity index (χ4v) is 1.73. The van der Waals surface area contributed by atoms with Gasteiger partial charge in [0.1, 0.15) is 0 Å². The first-order valence-electron chi connectivity index (χ1n) is 6.71. The van der Waals surface area contributed by atoms with Crippen molar-refractivity contribution in [3.63, 3.8) is 0 Å². The van der Waals surface area contributed by atoms with Crippen molar-refractivity contribution in [1.82, 2.24) is 0 Å². The number of hydrogen-bond donors (Lipinski definition) is 0. The molecule has 1 aliphatic carbocycles. The molecule has 1 aliphatic rings. The highest BCUT2D eigenvalue weighted by molar-refractivity contribution is 5.21. The average molecular weight is 221 g/mol. The van der Waals surface area contributed by atoms with Gasteiger partial charge in [-0.15, -0.1) is 0 Å². The van der Waals surface area contributed by atoms with Crippen LogP contribution in [0.2, 0.25) is 0 Å². The predicted molar refractivity (Wildman–Crippen MR) is 75.5 cm³/mol. The molecule has 0 aromatic carbocycles. The van der Waals surface area contributed by atoms with Crippen molar-refractivity contribution < 1.29 is 0 Å². The van der Waals surface area contributed by atoms with Gasteiger partial charge in [-0.3, -0.25) is 0 Å². The van der Waals surface area contributed by atoms with Crippen LogP contribution >= 0.6 is 0 Å². The largest absolute Gasteiger partial charge is 0.0815 e. The van der Waals surface area contributed by atoms with Crippen molar-refractivity contribution in [2.45, 2.75) is 72.6 Å². The van der Waals surface area contributed by atoms with E-state index in [1.807, 2.05) is 0 Å². The minimum Gasteiger partial charge on any atom is -0.0815 e. The summed E-state index contributed by atoms with van der Waals surface area (Å²) in [5.41, 5.74) is 4.72. The fourth-order valence-electron chi connectivity index (χ4n) is 1.73. The molecule has 0 saturated carbocycles. The number of hydrogen-bond acceptors (Lipinski definition) is 0. The second-order valence-electron chi connectivity index (χ2n) is 4.92. The van der Waals surface area contributed by atoms with Crippen molar-refractivity contribution in [3.8, 4) is 0 Å². The van der Waals surface area contributed by atoms with Crippen LogP contribution in [0.3, 0.4) is 0 Å². The fraction of sp³-hybridized carbons (Fsp3) is 0.688. The summed E-state index contributed by atoms with van der Waals surface area (Å²) in [5, 5.41) is 0. The molecule has 0 heterocycles. The highest BCUT2D eigenvalue weighted by Crippen LogP contribution is 2.24. The van der Waals surface area contributed by atoms with Crippen LogP contribution in [0.5, 0.6) is 0 Å². The van der Waals surface area contributed by atoms with Gasteiger partial charge in [-0.2, -0.15) is 0 Å². The summed E-state index contributed by atoms with van der Waals surface area (Å²) in [6.45, 7) is 12.6. The molecular formula is C16H29. The number of rotatable bonds is 3. The van der Waals surface area contributed by atoms with E-state index in [4.69, 9.17) is 0 Å². The van der Waals surface area contributed by atoms with E-state index in [0.717, 1.165) is 6.42 Å². The molecule has 0 spiro atoms. The van der Waals surface area contributed by atoms with Crippen LogP contribution in [-0.2, 0) is 0 Å². The van der Waals surface area contributed by atoms with E-state index < -0.39 is 0 Å². The number of allylic oxidation sites excluding steroid dienone is 4. The third-order valence-corrected chi connectivity index (χ3v) is 3.08. The summed E-state index contributed by atoms with van der Waals surface area (Å²) in [4.78, 5) is 0. The summed E-state index contributed by atoms with van der Waals surface area (Å²) in [6.07, 6.45) is 11.2. The van der Waals surface area contributed by atoms with E-state index in [1.165, 1.54) is 44.1 Å². The second-order valence-corrected chi connectivity index (χ2v) is 4.92. The van der Waals surface area contributed by atoms with Gasteiger partial charge in [0.2, 0.25) is 0 Å². The Morgan fingerprint density at radius 3 is 2.25 bits per heavy atom. The van der Waals surface area contributed by atoms with E-state index in [-0.39, 0.29) is 0 Å². The Labute approximate surface area is 103 Å². The Balaban J connectivity index is 0.000000325. The van der Waals surface area contributed by atoms with E-state index in [1.54, 1.807) is 11.1 Å². The molecule has 0 fully saturated rings. The van der Waals surface area contributed by atoms with Crippen LogP contribution in [-0.4, -0.2) is 0 Å². The monoisotopic (exact) mass is 221 g/mol. The lowest BCUT2D eigenvalue weighted by molar-refractivity contribution is 0.728. The Bertz CT molecular complexity index is 222. The standard InChI is InChI=1S/C10H16.C6H13/c1-8(2)10-6-4-9(3)5-7-10;1-3-5-6-4-2/h4H,5-7H2,1-3H3;1,3-6H2,2H3. The normalized spacial score (nSPS) is 15.1. The zero-order chi connectivity index (χ0) is 12.4. The van der Waals surface area contributed by atoms with Crippen LogP contribution in [0.15, 0.2) is 22.8 Å². The van der Waals surface area contributed by atoms with Crippen LogP contribution < -0.4 is 0 Å². The Morgan fingerprint density at radius 1 is 1.25 bits per heavy atom. The Hall–Kier alpha value is -0.520. The van der Waals surface area contributed by atoms with Crippen LogP contribution in [0.25, 0.3) is 0 Å². The lowest BCUT2D eigenvalue weighted by Gasteiger charge is -2.13. The number of unbranched alkanes of at least 4 members (excludes halogenated alkanes) is 3. The smallest absolute Gasteiger partial charge is 0.0134 e.